The number of rotatable bonds is 8. The summed E-state index contributed by atoms with van der Waals surface area (Å²) in [6.07, 6.45) is 0.348. The quantitative estimate of drug-likeness (QED) is 0.555. The number of nitrogens with two attached hydrogens (primary N) is 1. The number of nitrogens with one attached hydrogen (secondary N) is 2. The smallest absolute Gasteiger partial charge is 0.245 e. The van der Waals surface area contributed by atoms with Gasteiger partial charge in [0, 0.05) is 13.1 Å². The second-order valence-electron chi connectivity index (χ2n) is 8.27. The number of morpholine rings is 1. The molecular formula is C25H32N4O4. The van der Waals surface area contributed by atoms with E-state index in [1.54, 1.807) is 18.7 Å². The fourth-order valence-corrected chi connectivity index (χ4v) is 3.65. The third-order valence-corrected chi connectivity index (χ3v) is 5.66. The van der Waals surface area contributed by atoms with Gasteiger partial charge in [-0.25, -0.2) is 0 Å². The summed E-state index contributed by atoms with van der Waals surface area (Å²) >= 11 is 0. The van der Waals surface area contributed by atoms with Gasteiger partial charge in [-0.1, -0.05) is 54.6 Å². The number of ether oxygens (including phenoxy) is 1. The molecule has 1 saturated heterocycles. The van der Waals surface area contributed by atoms with Crippen LogP contribution >= 0.6 is 0 Å². The first-order valence-corrected chi connectivity index (χ1v) is 11.2. The van der Waals surface area contributed by atoms with E-state index >= 15 is 0 Å². The highest BCUT2D eigenvalue weighted by molar-refractivity contribution is 5.92. The SMILES string of the molecule is C[C@H](NC(=O)[C@@H](N)Cc1ccc(-c2ccccc2)cc1)C(=O)N[C@@H](C)C(=O)N1CCOCC1. The minimum Gasteiger partial charge on any atom is -0.378 e. The summed E-state index contributed by atoms with van der Waals surface area (Å²) in [5.74, 6) is -1.02. The molecular weight excluding hydrogens is 420 g/mol. The molecule has 3 rings (SSSR count). The summed E-state index contributed by atoms with van der Waals surface area (Å²) < 4.78 is 5.24. The maximum Gasteiger partial charge on any atom is 0.245 e. The Morgan fingerprint density at radius 2 is 1.45 bits per heavy atom. The van der Waals surface area contributed by atoms with Crippen LogP contribution in [0.2, 0.25) is 0 Å². The molecule has 0 aliphatic carbocycles. The minimum absolute atomic E-state index is 0.166. The molecule has 2 aromatic rings. The predicted octanol–water partition coefficient (Wildman–Crippen LogP) is 1.09. The van der Waals surface area contributed by atoms with E-state index in [1.165, 1.54) is 0 Å². The van der Waals surface area contributed by atoms with Gasteiger partial charge in [-0.2, -0.15) is 0 Å². The van der Waals surface area contributed by atoms with Crippen molar-refractivity contribution in [2.45, 2.75) is 38.4 Å². The monoisotopic (exact) mass is 452 g/mol. The van der Waals surface area contributed by atoms with E-state index in [0.717, 1.165) is 16.7 Å². The Morgan fingerprint density at radius 3 is 2.09 bits per heavy atom. The predicted molar refractivity (Wildman–Crippen MR) is 126 cm³/mol. The second-order valence-corrected chi connectivity index (χ2v) is 8.27. The standard InChI is InChI=1S/C25H32N4O4/c1-17(23(30)28-18(2)25(32)29-12-14-33-15-13-29)27-24(31)22(26)16-19-8-10-21(11-9-19)20-6-4-3-5-7-20/h3-11,17-18,22H,12-16,26H2,1-2H3,(H,27,31)(H,28,30)/t17-,18-,22-/m0/s1. The molecule has 8 nitrogen and oxygen atoms in total. The summed E-state index contributed by atoms with van der Waals surface area (Å²) in [7, 11) is 0. The summed E-state index contributed by atoms with van der Waals surface area (Å²) in [4.78, 5) is 39.1. The highest BCUT2D eigenvalue weighted by atomic mass is 16.5. The third kappa shape index (κ3) is 6.87. The Balaban J connectivity index is 1.47. The van der Waals surface area contributed by atoms with Gasteiger partial charge in [0.1, 0.15) is 12.1 Å². The Hall–Kier alpha value is -3.23. The van der Waals surface area contributed by atoms with E-state index in [2.05, 4.69) is 10.6 Å². The van der Waals surface area contributed by atoms with Gasteiger partial charge in [-0.15, -0.1) is 0 Å². The summed E-state index contributed by atoms with van der Waals surface area (Å²) in [6.45, 7) is 5.20. The number of hydrogen-bond donors (Lipinski definition) is 3. The lowest BCUT2D eigenvalue weighted by molar-refractivity contribution is -0.139. The number of benzene rings is 2. The van der Waals surface area contributed by atoms with Crippen molar-refractivity contribution in [3.63, 3.8) is 0 Å². The second kappa shape index (κ2) is 11.6. The third-order valence-electron chi connectivity index (χ3n) is 5.66. The summed E-state index contributed by atoms with van der Waals surface area (Å²) in [5.41, 5.74) is 9.21. The molecule has 0 aromatic heterocycles. The zero-order valence-electron chi connectivity index (χ0n) is 19.1. The van der Waals surface area contributed by atoms with Gasteiger partial charge in [0.2, 0.25) is 17.7 Å². The number of carbonyl (C=O) groups excluding carboxylic acids is 3. The van der Waals surface area contributed by atoms with Crippen LogP contribution in [0.1, 0.15) is 19.4 Å². The molecule has 4 N–H and O–H groups in total. The summed E-state index contributed by atoms with van der Waals surface area (Å²) in [5, 5.41) is 5.31. The minimum atomic E-state index is -0.816. The Bertz CT molecular complexity index is 943. The van der Waals surface area contributed by atoms with Crippen LogP contribution in [0.5, 0.6) is 0 Å². The maximum atomic E-state index is 12.5. The van der Waals surface area contributed by atoms with Crippen molar-refractivity contribution in [2.24, 2.45) is 5.73 Å². The van der Waals surface area contributed by atoms with Crippen molar-refractivity contribution in [3.8, 4) is 11.1 Å². The topological polar surface area (TPSA) is 114 Å². The highest BCUT2D eigenvalue weighted by Gasteiger charge is 2.26. The van der Waals surface area contributed by atoms with Gasteiger partial charge in [0.25, 0.3) is 0 Å². The first-order valence-electron chi connectivity index (χ1n) is 11.2. The van der Waals surface area contributed by atoms with Gasteiger partial charge >= 0.3 is 0 Å². The normalized spacial score (nSPS) is 16.4. The average molecular weight is 453 g/mol. The summed E-state index contributed by atoms with van der Waals surface area (Å²) in [6, 6.07) is 15.6. The Kier molecular flexibility index (Phi) is 8.57. The number of amides is 3. The first kappa shape index (κ1) is 24.4. The molecule has 2 aromatic carbocycles. The molecule has 176 valence electrons. The first-order chi connectivity index (χ1) is 15.8. The van der Waals surface area contributed by atoms with Crippen molar-refractivity contribution in [1.82, 2.24) is 15.5 Å². The van der Waals surface area contributed by atoms with Crippen LogP contribution in [0.25, 0.3) is 11.1 Å². The molecule has 1 heterocycles. The van der Waals surface area contributed by atoms with Crippen LogP contribution in [0, 0.1) is 0 Å². The molecule has 0 bridgehead atoms. The van der Waals surface area contributed by atoms with Gasteiger partial charge in [0.15, 0.2) is 0 Å². The number of hydrogen-bond acceptors (Lipinski definition) is 5. The molecule has 1 fully saturated rings. The molecule has 0 radical (unpaired) electrons. The lowest BCUT2D eigenvalue weighted by atomic mass is 10.0. The number of nitrogens with zero attached hydrogens (tertiary/aromatic N) is 1. The largest absolute Gasteiger partial charge is 0.378 e. The van der Waals surface area contributed by atoms with Crippen molar-refractivity contribution in [1.29, 1.82) is 0 Å². The average Bonchev–Trinajstić information content (AvgIpc) is 2.84. The van der Waals surface area contributed by atoms with E-state index in [4.69, 9.17) is 10.5 Å². The molecule has 1 aliphatic heterocycles. The van der Waals surface area contributed by atoms with E-state index in [1.807, 2.05) is 54.6 Å². The van der Waals surface area contributed by atoms with Crippen LogP contribution in [0.15, 0.2) is 54.6 Å². The van der Waals surface area contributed by atoms with E-state index < -0.39 is 29.9 Å². The molecule has 8 heteroatoms. The van der Waals surface area contributed by atoms with Crippen molar-refractivity contribution in [2.75, 3.05) is 26.3 Å². The fraction of sp³-hybridized carbons (Fsp3) is 0.400. The fourth-order valence-electron chi connectivity index (χ4n) is 3.65. The lowest BCUT2D eigenvalue weighted by Gasteiger charge is -2.30. The van der Waals surface area contributed by atoms with Crippen molar-refractivity contribution in [3.05, 3.63) is 60.2 Å². The van der Waals surface area contributed by atoms with Gasteiger partial charge in [-0.05, 0) is 37.0 Å². The molecule has 0 unspecified atom stereocenters. The van der Waals surface area contributed by atoms with Crippen LogP contribution in [0.3, 0.4) is 0 Å². The van der Waals surface area contributed by atoms with Crippen molar-refractivity contribution < 1.29 is 19.1 Å². The Labute approximate surface area is 194 Å². The van der Waals surface area contributed by atoms with Crippen LogP contribution in [0.4, 0.5) is 0 Å². The van der Waals surface area contributed by atoms with E-state index in [9.17, 15) is 14.4 Å². The lowest BCUT2D eigenvalue weighted by Crippen LogP contribution is -2.55. The van der Waals surface area contributed by atoms with Crippen LogP contribution in [-0.2, 0) is 25.5 Å². The van der Waals surface area contributed by atoms with Crippen LogP contribution < -0.4 is 16.4 Å². The zero-order chi connectivity index (χ0) is 23.8. The van der Waals surface area contributed by atoms with E-state index in [0.29, 0.717) is 32.7 Å². The van der Waals surface area contributed by atoms with Gasteiger partial charge < -0.3 is 26.0 Å². The molecule has 0 saturated carbocycles. The number of carbonyl (C=O) groups is 3. The maximum absolute atomic E-state index is 12.5. The van der Waals surface area contributed by atoms with Gasteiger partial charge in [-0.3, -0.25) is 14.4 Å². The molecule has 33 heavy (non-hydrogen) atoms. The molecule has 3 atom stereocenters. The van der Waals surface area contributed by atoms with Gasteiger partial charge in [0.05, 0.1) is 19.3 Å². The zero-order valence-corrected chi connectivity index (χ0v) is 19.1. The molecule has 3 amide bonds. The Morgan fingerprint density at radius 1 is 0.879 bits per heavy atom. The van der Waals surface area contributed by atoms with E-state index in [-0.39, 0.29) is 5.91 Å². The van der Waals surface area contributed by atoms with Crippen molar-refractivity contribution >= 4 is 17.7 Å². The molecule has 1 aliphatic rings. The molecule has 0 spiro atoms. The van der Waals surface area contributed by atoms with Crippen LogP contribution in [-0.4, -0.2) is 67.1 Å². The highest BCUT2D eigenvalue weighted by Crippen LogP contribution is 2.19.